The molecule has 1 fully saturated rings. The van der Waals surface area contributed by atoms with Gasteiger partial charge in [0.05, 0.1) is 23.5 Å². The van der Waals surface area contributed by atoms with Crippen molar-refractivity contribution in [3.05, 3.63) is 102 Å². The first-order valence-corrected chi connectivity index (χ1v) is 16.3. The van der Waals surface area contributed by atoms with Crippen LogP contribution in [0.1, 0.15) is 28.5 Å². The Bertz CT molecular complexity index is 2210. The number of halogens is 6. The number of carbonyl (C=O) groups is 1. The quantitative estimate of drug-likeness (QED) is 0.137. The molecule has 0 spiro atoms. The normalized spacial score (nSPS) is 14.1. The van der Waals surface area contributed by atoms with E-state index in [4.69, 9.17) is 9.26 Å². The number of benzene rings is 3. The molecule has 53 heavy (non-hydrogen) atoms. The molecular formula is C36H29F6N7O4. The van der Waals surface area contributed by atoms with E-state index in [1.54, 1.807) is 23.1 Å². The van der Waals surface area contributed by atoms with E-state index < -0.39 is 18.1 Å². The lowest BCUT2D eigenvalue weighted by Gasteiger charge is -2.35. The molecule has 0 saturated carbocycles. The van der Waals surface area contributed by atoms with Gasteiger partial charge in [0.25, 0.3) is 11.8 Å². The van der Waals surface area contributed by atoms with Gasteiger partial charge in [0.1, 0.15) is 22.9 Å². The van der Waals surface area contributed by atoms with Crippen LogP contribution in [0.4, 0.5) is 26.3 Å². The van der Waals surface area contributed by atoms with Crippen LogP contribution in [0, 0.1) is 0 Å². The average Bonchev–Trinajstić information content (AvgIpc) is 3.77. The SMILES string of the molecule is CCn1c(C(=O)N2CCN(Cc3ccc(OC(F)(F)F)cc3)CC2)cc2ccc(Oc3cnc(-c4nc(-c5ccc(C(F)(F)F)cc5)no4)cn3)cc21. The molecule has 1 aliphatic heterocycles. The lowest BCUT2D eigenvalue weighted by molar-refractivity contribution is -0.274. The summed E-state index contributed by atoms with van der Waals surface area (Å²) in [5.74, 6) is 0.361. The highest BCUT2D eigenvalue weighted by atomic mass is 19.4. The second-order valence-corrected chi connectivity index (χ2v) is 12.1. The van der Waals surface area contributed by atoms with E-state index in [1.807, 2.05) is 29.7 Å². The first-order valence-electron chi connectivity index (χ1n) is 16.3. The number of rotatable bonds is 9. The number of aryl methyl sites for hydroxylation is 1. The van der Waals surface area contributed by atoms with Crippen LogP contribution in [0.25, 0.3) is 33.9 Å². The van der Waals surface area contributed by atoms with Crippen LogP contribution in [0.15, 0.2) is 89.7 Å². The minimum atomic E-state index is -4.74. The molecule has 1 aliphatic rings. The van der Waals surface area contributed by atoms with E-state index in [9.17, 15) is 31.1 Å². The van der Waals surface area contributed by atoms with Crippen molar-refractivity contribution in [2.75, 3.05) is 26.2 Å². The number of piperazine rings is 1. The number of hydrogen-bond donors (Lipinski definition) is 0. The van der Waals surface area contributed by atoms with Crippen LogP contribution in [0.5, 0.6) is 17.4 Å². The van der Waals surface area contributed by atoms with Gasteiger partial charge in [0, 0.05) is 56.3 Å². The lowest BCUT2D eigenvalue weighted by atomic mass is 10.1. The predicted octanol–water partition coefficient (Wildman–Crippen LogP) is 7.84. The largest absolute Gasteiger partial charge is 0.573 e. The van der Waals surface area contributed by atoms with Gasteiger partial charge in [0.15, 0.2) is 0 Å². The molecule has 11 nitrogen and oxygen atoms in total. The summed E-state index contributed by atoms with van der Waals surface area (Å²) in [6, 6.07) is 17.4. The maximum atomic E-state index is 13.7. The van der Waals surface area contributed by atoms with Crippen molar-refractivity contribution in [2.24, 2.45) is 0 Å². The summed E-state index contributed by atoms with van der Waals surface area (Å²) in [5.41, 5.74) is 1.94. The highest BCUT2D eigenvalue weighted by Gasteiger charge is 2.32. The monoisotopic (exact) mass is 737 g/mol. The van der Waals surface area contributed by atoms with Crippen LogP contribution >= 0.6 is 0 Å². The van der Waals surface area contributed by atoms with Crippen LogP contribution in [-0.4, -0.2) is 72.9 Å². The van der Waals surface area contributed by atoms with Crippen LogP contribution in [-0.2, 0) is 19.3 Å². The Balaban J connectivity index is 0.976. The molecule has 1 saturated heterocycles. The van der Waals surface area contributed by atoms with Gasteiger partial charge in [-0.25, -0.2) is 9.97 Å². The Morgan fingerprint density at radius 1 is 0.849 bits per heavy atom. The minimum absolute atomic E-state index is 0.0212. The molecule has 0 bridgehead atoms. The fraction of sp³-hybridized carbons (Fsp3) is 0.250. The van der Waals surface area contributed by atoms with Gasteiger partial charge in [-0.15, -0.1) is 13.2 Å². The summed E-state index contributed by atoms with van der Waals surface area (Å²) >= 11 is 0. The Labute approximate surface area is 297 Å². The van der Waals surface area contributed by atoms with Crippen LogP contribution < -0.4 is 9.47 Å². The summed E-state index contributed by atoms with van der Waals surface area (Å²) in [7, 11) is 0. The molecule has 1 amide bonds. The number of ether oxygens (including phenoxy) is 2. The zero-order chi connectivity index (χ0) is 37.3. The van der Waals surface area contributed by atoms with E-state index in [1.165, 1.54) is 36.7 Å². The predicted molar refractivity (Wildman–Crippen MR) is 178 cm³/mol. The summed E-state index contributed by atoms with van der Waals surface area (Å²) in [4.78, 5) is 30.4. The second kappa shape index (κ2) is 14.2. The summed E-state index contributed by atoms with van der Waals surface area (Å²) in [6.07, 6.45) is -6.47. The maximum absolute atomic E-state index is 13.7. The fourth-order valence-corrected chi connectivity index (χ4v) is 5.99. The van der Waals surface area contributed by atoms with Crippen molar-refractivity contribution < 1.29 is 45.1 Å². The van der Waals surface area contributed by atoms with E-state index in [-0.39, 0.29) is 34.9 Å². The third kappa shape index (κ3) is 8.09. The van der Waals surface area contributed by atoms with Crippen molar-refractivity contribution in [3.63, 3.8) is 0 Å². The number of fused-ring (bicyclic) bond motifs is 1. The first-order chi connectivity index (χ1) is 25.3. The topological polar surface area (TPSA) is 112 Å². The Morgan fingerprint density at radius 2 is 1.57 bits per heavy atom. The zero-order valence-electron chi connectivity index (χ0n) is 27.9. The van der Waals surface area contributed by atoms with Gasteiger partial charge in [-0.1, -0.05) is 29.4 Å². The van der Waals surface area contributed by atoms with Gasteiger partial charge < -0.3 is 23.5 Å². The lowest BCUT2D eigenvalue weighted by Crippen LogP contribution is -2.48. The van der Waals surface area contributed by atoms with Crippen LogP contribution in [0.2, 0.25) is 0 Å². The van der Waals surface area contributed by atoms with Crippen molar-refractivity contribution in [1.29, 1.82) is 0 Å². The van der Waals surface area contributed by atoms with Crippen LogP contribution in [0.3, 0.4) is 0 Å². The standard InChI is InChI=1S/C36H29F6N7O4/c1-2-49-29-18-27(51-31-20-43-28(19-44-31)33-45-32(46-53-33)23-5-8-25(9-6-23)35(37,38)39)12-7-24(29)17-30(49)34(50)48-15-13-47(14-16-48)21-22-3-10-26(11-4-22)52-36(40,41)42/h3-12,17-20H,2,13-16,21H2,1H3. The van der Waals surface area contributed by atoms with E-state index in [2.05, 4.69) is 29.7 Å². The Morgan fingerprint density at radius 3 is 2.21 bits per heavy atom. The smallest absolute Gasteiger partial charge is 0.437 e. The number of aromatic nitrogens is 5. The van der Waals surface area contributed by atoms with E-state index in [0.29, 0.717) is 56.3 Å². The van der Waals surface area contributed by atoms with Gasteiger partial charge in [-0.2, -0.15) is 18.2 Å². The number of nitrogens with zero attached hydrogens (tertiary/aromatic N) is 7. The highest BCUT2D eigenvalue weighted by Crippen LogP contribution is 2.32. The van der Waals surface area contributed by atoms with E-state index >= 15 is 0 Å². The van der Waals surface area contributed by atoms with Crippen molar-refractivity contribution in [1.82, 2.24) is 34.5 Å². The molecule has 0 radical (unpaired) electrons. The van der Waals surface area contributed by atoms with Gasteiger partial charge in [0.2, 0.25) is 11.7 Å². The van der Waals surface area contributed by atoms with Crippen molar-refractivity contribution in [2.45, 2.75) is 32.6 Å². The zero-order valence-corrected chi connectivity index (χ0v) is 27.9. The minimum Gasteiger partial charge on any atom is -0.437 e. The number of alkyl halides is 6. The number of hydrogen-bond acceptors (Lipinski definition) is 9. The molecule has 3 aromatic heterocycles. The molecule has 274 valence electrons. The molecule has 4 heterocycles. The maximum Gasteiger partial charge on any atom is 0.573 e. The van der Waals surface area contributed by atoms with Gasteiger partial charge >= 0.3 is 12.5 Å². The number of carbonyl (C=O) groups excluding carboxylic acids is 1. The van der Waals surface area contributed by atoms with Gasteiger partial charge in [-0.05, 0) is 55.0 Å². The summed E-state index contributed by atoms with van der Waals surface area (Å²) in [6.45, 7) is 5.17. The molecule has 3 aromatic carbocycles. The molecular weight excluding hydrogens is 708 g/mol. The number of amides is 1. The molecule has 0 aliphatic carbocycles. The fourth-order valence-electron chi connectivity index (χ4n) is 5.99. The van der Waals surface area contributed by atoms with Gasteiger partial charge in [-0.3, -0.25) is 9.69 Å². The van der Waals surface area contributed by atoms with Crippen molar-refractivity contribution in [3.8, 4) is 40.4 Å². The second-order valence-electron chi connectivity index (χ2n) is 12.1. The third-order valence-electron chi connectivity index (χ3n) is 8.60. The molecule has 17 heteroatoms. The first kappa shape index (κ1) is 35.4. The highest BCUT2D eigenvalue weighted by molar-refractivity contribution is 5.99. The Hall–Kier alpha value is -5.97. The third-order valence-corrected chi connectivity index (χ3v) is 8.60. The molecule has 0 N–H and O–H groups in total. The van der Waals surface area contributed by atoms with Crippen molar-refractivity contribution >= 4 is 16.8 Å². The molecule has 0 unspecified atom stereocenters. The molecule has 6 aromatic rings. The molecule has 0 atom stereocenters. The Kier molecular flexibility index (Phi) is 9.50. The molecule has 7 rings (SSSR count). The summed E-state index contributed by atoms with van der Waals surface area (Å²) < 4.78 is 93.2. The average molecular weight is 738 g/mol. The summed E-state index contributed by atoms with van der Waals surface area (Å²) in [5, 5.41) is 4.68. The van der Waals surface area contributed by atoms with E-state index in [0.717, 1.165) is 28.6 Å².